The normalized spacial score (nSPS) is 22.6. The average Bonchev–Trinajstić information content (AvgIpc) is 2.86. The largest absolute Gasteiger partial charge is 0.326 e. The summed E-state index contributed by atoms with van der Waals surface area (Å²) in [6, 6.07) is 4.69. The molecule has 0 heterocycles. The van der Waals surface area contributed by atoms with E-state index in [4.69, 9.17) is 17.3 Å². The van der Waals surface area contributed by atoms with Crippen LogP contribution in [0, 0.1) is 0 Å². The summed E-state index contributed by atoms with van der Waals surface area (Å²) in [6.45, 7) is 2.35. The topological polar surface area (TPSA) is 72.2 Å². The first-order valence-corrected chi connectivity index (χ1v) is 9.99. The van der Waals surface area contributed by atoms with Gasteiger partial charge in [0.25, 0.3) is 0 Å². The molecule has 4 nitrogen and oxygen atoms in total. The predicted octanol–water partition coefficient (Wildman–Crippen LogP) is 2.75. The van der Waals surface area contributed by atoms with Gasteiger partial charge in [-0.1, -0.05) is 18.5 Å². The first-order valence-electron chi connectivity index (χ1n) is 7.08. The average molecular weight is 349 g/mol. The van der Waals surface area contributed by atoms with Gasteiger partial charge in [0.05, 0.1) is 4.90 Å². The third-order valence-electron chi connectivity index (χ3n) is 3.66. The number of halogens is 1. The van der Waals surface area contributed by atoms with Crippen LogP contribution in [0.15, 0.2) is 23.1 Å². The standard InChI is InChI=1S/C14H21ClN2O2S2/c1-2-20-12-4-3-11(8-12)17-21(18,19)13-5-6-14(15)10(7-13)9-16/h5-7,11-12,17H,2-4,8-9,16H2,1H3. The molecule has 0 aromatic heterocycles. The molecule has 0 saturated heterocycles. The first kappa shape index (κ1) is 17.1. The Morgan fingerprint density at radius 2 is 2.19 bits per heavy atom. The van der Waals surface area contributed by atoms with Crippen LogP contribution < -0.4 is 10.5 Å². The number of thioether (sulfide) groups is 1. The van der Waals surface area contributed by atoms with Crippen molar-refractivity contribution in [3.63, 3.8) is 0 Å². The molecule has 118 valence electrons. The minimum Gasteiger partial charge on any atom is -0.326 e. The Morgan fingerprint density at radius 1 is 1.43 bits per heavy atom. The zero-order valence-corrected chi connectivity index (χ0v) is 14.4. The van der Waals surface area contributed by atoms with Crippen molar-refractivity contribution in [3.05, 3.63) is 28.8 Å². The Labute approximate surface area is 135 Å². The molecule has 1 fully saturated rings. The lowest BCUT2D eigenvalue weighted by molar-refractivity contribution is 0.552. The monoisotopic (exact) mass is 348 g/mol. The number of sulfonamides is 1. The number of nitrogens with one attached hydrogen (secondary N) is 1. The van der Waals surface area contributed by atoms with E-state index in [0.29, 0.717) is 15.8 Å². The van der Waals surface area contributed by atoms with Crippen LogP contribution >= 0.6 is 23.4 Å². The Morgan fingerprint density at radius 3 is 2.86 bits per heavy atom. The van der Waals surface area contributed by atoms with Crippen molar-refractivity contribution < 1.29 is 8.42 Å². The Kier molecular flexibility index (Phi) is 5.96. The maximum absolute atomic E-state index is 12.4. The molecule has 0 aliphatic heterocycles. The second-order valence-electron chi connectivity index (χ2n) is 5.17. The molecular weight excluding hydrogens is 328 g/mol. The van der Waals surface area contributed by atoms with Gasteiger partial charge >= 0.3 is 0 Å². The molecule has 7 heteroatoms. The smallest absolute Gasteiger partial charge is 0.240 e. The van der Waals surface area contributed by atoms with E-state index >= 15 is 0 Å². The first-order chi connectivity index (χ1) is 9.96. The van der Waals surface area contributed by atoms with Crippen molar-refractivity contribution in [2.45, 2.75) is 48.9 Å². The maximum atomic E-state index is 12.4. The van der Waals surface area contributed by atoms with Crippen molar-refractivity contribution in [1.29, 1.82) is 0 Å². The maximum Gasteiger partial charge on any atom is 0.240 e. The van der Waals surface area contributed by atoms with E-state index in [0.717, 1.165) is 25.0 Å². The van der Waals surface area contributed by atoms with Gasteiger partial charge in [-0.3, -0.25) is 0 Å². The van der Waals surface area contributed by atoms with Crippen molar-refractivity contribution in [2.24, 2.45) is 5.73 Å². The number of hydrogen-bond donors (Lipinski definition) is 2. The highest BCUT2D eigenvalue weighted by Crippen LogP contribution is 2.30. The van der Waals surface area contributed by atoms with Gasteiger partial charge in [-0.15, -0.1) is 0 Å². The fourth-order valence-corrected chi connectivity index (χ4v) is 5.27. The van der Waals surface area contributed by atoms with Gasteiger partial charge in [0, 0.05) is 22.9 Å². The molecular formula is C14H21ClN2O2S2. The molecule has 1 aromatic carbocycles. The number of nitrogens with two attached hydrogens (primary N) is 1. The van der Waals surface area contributed by atoms with Gasteiger partial charge < -0.3 is 5.73 Å². The van der Waals surface area contributed by atoms with Gasteiger partial charge in [-0.05, 0) is 48.8 Å². The molecule has 0 spiro atoms. The van der Waals surface area contributed by atoms with Crippen molar-refractivity contribution >= 4 is 33.4 Å². The second kappa shape index (κ2) is 7.33. The number of rotatable bonds is 6. The summed E-state index contributed by atoms with van der Waals surface area (Å²) in [5, 5.41) is 1.06. The molecule has 1 aliphatic rings. The Hall–Kier alpha value is -0.270. The van der Waals surface area contributed by atoms with Crippen LogP contribution in [0.2, 0.25) is 5.02 Å². The van der Waals surface area contributed by atoms with Crippen molar-refractivity contribution in [3.8, 4) is 0 Å². The van der Waals surface area contributed by atoms with Gasteiger partial charge in [0.15, 0.2) is 0 Å². The summed E-state index contributed by atoms with van der Waals surface area (Å²) < 4.78 is 27.7. The third kappa shape index (κ3) is 4.36. The van der Waals surface area contributed by atoms with E-state index < -0.39 is 10.0 Å². The summed E-state index contributed by atoms with van der Waals surface area (Å²) >= 11 is 7.88. The van der Waals surface area contributed by atoms with Crippen LogP contribution in [0.25, 0.3) is 0 Å². The van der Waals surface area contributed by atoms with E-state index in [1.165, 1.54) is 6.07 Å². The highest BCUT2D eigenvalue weighted by atomic mass is 35.5. The van der Waals surface area contributed by atoms with Crippen LogP contribution in [0.5, 0.6) is 0 Å². The van der Waals surface area contributed by atoms with Gasteiger partial charge in [0.2, 0.25) is 10.0 Å². The lowest BCUT2D eigenvalue weighted by Gasteiger charge is -2.14. The van der Waals surface area contributed by atoms with Crippen LogP contribution in [-0.2, 0) is 16.6 Å². The number of benzene rings is 1. The summed E-state index contributed by atoms with van der Waals surface area (Å²) in [6.07, 6.45) is 2.86. The lowest BCUT2D eigenvalue weighted by atomic mass is 10.2. The molecule has 1 aromatic rings. The molecule has 3 N–H and O–H groups in total. The van der Waals surface area contributed by atoms with Crippen molar-refractivity contribution in [1.82, 2.24) is 4.72 Å². The zero-order chi connectivity index (χ0) is 15.5. The van der Waals surface area contributed by atoms with Crippen LogP contribution in [0.1, 0.15) is 31.7 Å². The molecule has 2 unspecified atom stereocenters. The third-order valence-corrected chi connectivity index (χ3v) is 6.78. The van der Waals surface area contributed by atoms with Gasteiger partial charge in [-0.2, -0.15) is 11.8 Å². The summed E-state index contributed by atoms with van der Waals surface area (Å²) in [5.74, 6) is 1.07. The number of hydrogen-bond acceptors (Lipinski definition) is 4. The van der Waals surface area contributed by atoms with Crippen LogP contribution in [0.3, 0.4) is 0 Å². The quantitative estimate of drug-likeness (QED) is 0.829. The van der Waals surface area contributed by atoms with E-state index in [1.54, 1.807) is 12.1 Å². The molecule has 0 amide bonds. The minimum absolute atomic E-state index is 0.0241. The Bertz CT molecular complexity index is 593. The molecule has 0 radical (unpaired) electrons. The molecule has 2 rings (SSSR count). The zero-order valence-electron chi connectivity index (χ0n) is 12.0. The summed E-state index contributed by atoms with van der Waals surface area (Å²) in [5.41, 5.74) is 6.22. The van der Waals surface area contributed by atoms with E-state index in [9.17, 15) is 8.42 Å². The Balaban J connectivity index is 2.09. The summed E-state index contributed by atoms with van der Waals surface area (Å²) in [4.78, 5) is 0.235. The minimum atomic E-state index is -3.50. The van der Waals surface area contributed by atoms with Gasteiger partial charge in [0.1, 0.15) is 0 Å². The fraction of sp³-hybridized carbons (Fsp3) is 0.571. The van der Waals surface area contributed by atoms with Crippen molar-refractivity contribution in [2.75, 3.05) is 5.75 Å². The molecule has 21 heavy (non-hydrogen) atoms. The highest BCUT2D eigenvalue weighted by molar-refractivity contribution is 7.99. The van der Waals surface area contributed by atoms with E-state index in [-0.39, 0.29) is 17.5 Å². The SMILES string of the molecule is CCSC1CCC(NS(=O)(=O)c2ccc(Cl)c(CN)c2)C1. The lowest BCUT2D eigenvalue weighted by Crippen LogP contribution is -2.33. The van der Waals surface area contributed by atoms with E-state index in [2.05, 4.69) is 11.6 Å². The second-order valence-corrected chi connectivity index (χ2v) is 8.86. The fourth-order valence-electron chi connectivity index (χ4n) is 2.60. The predicted molar refractivity (Wildman–Crippen MR) is 89.2 cm³/mol. The van der Waals surface area contributed by atoms with Crippen LogP contribution in [0.4, 0.5) is 0 Å². The molecule has 1 saturated carbocycles. The molecule has 1 aliphatic carbocycles. The van der Waals surface area contributed by atoms with E-state index in [1.807, 2.05) is 11.8 Å². The summed E-state index contributed by atoms with van der Waals surface area (Å²) in [7, 11) is -3.50. The van der Waals surface area contributed by atoms with Crippen LogP contribution in [-0.4, -0.2) is 25.5 Å². The highest BCUT2D eigenvalue weighted by Gasteiger charge is 2.28. The molecule has 0 bridgehead atoms. The molecule has 2 atom stereocenters. The van der Waals surface area contributed by atoms with Gasteiger partial charge in [-0.25, -0.2) is 13.1 Å².